The number of carbonyl (C=O) groups excluding carboxylic acids is 1. The Kier molecular flexibility index (Phi) is 2.06. The number of ether oxygens (including phenoxy) is 1. The van der Waals surface area contributed by atoms with Crippen molar-refractivity contribution >= 4 is 28.6 Å². The van der Waals surface area contributed by atoms with Gasteiger partial charge in [0.25, 0.3) is 0 Å². The van der Waals surface area contributed by atoms with Crippen LogP contribution in [0.4, 0.5) is 0 Å². The second-order valence-corrected chi connectivity index (χ2v) is 6.06. The van der Waals surface area contributed by atoms with E-state index in [4.69, 9.17) is 4.74 Å². The predicted octanol–water partition coefficient (Wildman–Crippen LogP) is 0.980. The monoisotopic (exact) mass is 308 g/mol. The normalized spacial score (nSPS) is 54.9. The van der Waals surface area contributed by atoms with E-state index in [0.717, 1.165) is 12.8 Å². The SMILES string of the molecule is O=C1OC2C(I)C3CCC2C(CO)C13. The highest BCUT2D eigenvalue weighted by Crippen LogP contribution is 2.56. The molecule has 4 heteroatoms. The molecule has 0 aromatic carbocycles. The maximum Gasteiger partial charge on any atom is 0.309 e. The van der Waals surface area contributed by atoms with Gasteiger partial charge in [-0.15, -0.1) is 0 Å². The van der Waals surface area contributed by atoms with Crippen molar-refractivity contribution in [1.29, 1.82) is 0 Å². The first-order chi connectivity index (χ1) is 6.74. The maximum atomic E-state index is 11.6. The molecule has 2 saturated heterocycles. The summed E-state index contributed by atoms with van der Waals surface area (Å²) in [6.45, 7) is 0.154. The average Bonchev–Trinajstić information content (AvgIpc) is 2.20. The quantitative estimate of drug-likeness (QED) is 0.446. The molecule has 2 aliphatic heterocycles. The van der Waals surface area contributed by atoms with Gasteiger partial charge < -0.3 is 9.84 Å². The molecule has 0 aromatic heterocycles. The van der Waals surface area contributed by atoms with E-state index in [1.165, 1.54) is 0 Å². The van der Waals surface area contributed by atoms with Crippen LogP contribution in [0.25, 0.3) is 0 Å². The highest BCUT2D eigenvalue weighted by atomic mass is 127. The summed E-state index contributed by atoms with van der Waals surface area (Å²) in [6.07, 6.45) is 2.36. The maximum absolute atomic E-state index is 11.6. The number of alkyl halides is 1. The van der Waals surface area contributed by atoms with Gasteiger partial charge in [0.05, 0.1) is 9.84 Å². The smallest absolute Gasteiger partial charge is 0.309 e. The van der Waals surface area contributed by atoms with E-state index in [1.54, 1.807) is 0 Å². The first-order valence-electron chi connectivity index (χ1n) is 5.19. The van der Waals surface area contributed by atoms with Gasteiger partial charge in [0.2, 0.25) is 0 Å². The molecule has 5 rings (SSSR count). The lowest BCUT2D eigenvalue weighted by molar-refractivity contribution is -0.205. The summed E-state index contributed by atoms with van der Waals surface area (Å²) in [4.78, 5) is 11.6. The number of hydrogen-bond acceptors (Lipinski definition) is 3. The Morgan fingerprint density at radius 3 is 2.79 bits per heavy atom. The summed E-state index contributed by atoms with van der Waals surface area (Å²) >= 11 is 2.42. The summed E-state index contributed by atoms with van der Waals surface area (Å²) in [7, 11) is 0. The number of halogens is 1. The first kappa shape index (κ1) is 9.39. The lowest BCUT2D eigenvalue weighted by Gasteiger charge is -2.57. The van der Waals surface area contributed by atoms with Crippen molar-refractivity contribution in [1.82, 2.24) is 0 Å². The molecule has 4 bridgehead atoms. The number of carbonyl (C=O) groups is 1. The summed E-state index contributed by atoms with van der Waals surface area (Å²) in [5, 5.41) is 9.33. The minimum atomic E-state index is -0.0529. The van der Waals surface area contributed by atoms with Crippen molar-refractivity contribution < 1.29 is 14.6 Å². The molecular weight excluding hydrogens is 295 g/mol. The van der Waals surface area contributed by atoms with Gasteiger partial charge in [0.1, 0.15) is 6.10 Å². The molecule has 78 valence electrons. The fourth-order valence-electron chi connectivity index (χ4n) is 3.57. The van der Waals surface area contributed by atoms with E-state index >= 15 is 0 Å². The van der Waals surface area contributed by atoms with Gasteiger partial charge in [-0.05, 0) is 18.8 Å². The minimum absolute atomic E-state index is 0.00866. The van der Waals surface area contributed by atoms with Crippen molar-refractivity contribution in [2.45, 2.75) is 22.9 Å². The molecule has 0 radical (unpaired) electrons. The third-order valence-corrected chi connectivity index (χ3v) is 5.82. The standard InChI is InChI=1S/C10H13IO3/c11-8-5-2-1-4-6(3-12)7(5)10(13)14-9(4)8/h4-9,12H,1-3H2. The number of aliphatic hydroxyl groups excluding tert-OH is 1. The predicted molar refractivity (Wildman–Crippen MR) is 58.0 cm³/mol. The van der Waals surface area contributed by atoms with E-state index < -0.39 is 0 Å². The molecular formula is C10H13IO3. The third-order valence-electron chi connectivity index (χ3n) is 4.19. The second-order valence-electron chi connectivity index (χ2n) is 4.62. The zero-order chi connectivity index (χ0) is 9.87. The topological polar surface area (TPSA) is 46.5 Å². The Hall–Kier alpha value is 0.160. The van der Waals surface area contributed by atoms with Gasteiger partial charge in [0, 0.05) is 18.4 Å². The van der Waals surface area contributed by atoms with Gasteiger partial charge >= 0.3 is 5.97 Å². The lowest BCUT2D eigenvalue weighted by atomic mass is 9.56. The summed E-state index contributed by atoms with van der Waals surface area (Å²) in [5.74, 6) is 1.01. The fourth-order valence-corrected chi connectivity index (χ4v) is 5.06. The van der Waals surface area contributed by atoms with Crippen molar-refractivity contribution in [3.8, 4) is 0 Å². The van der Waals surface area contributed by atoms with Crippen molar-refractivity contribution in [2.75, 3.05) is 6.61 Å². The van der Waals surface area contributed by atoms with Gasteiger partial charge in [-0.3, -0.25) is 4.79 Å². The largest absolute Gasteiger partial charge is 0.461 e. The van der Waals surface area contributed by atoms with Crippen LogP contribution >= 0.6 is 22.6 Å². The Balaban J connectivity index is 2.01. The number of fused-ring (bicyclic) bond motifs is 2. The van der Waals surface area contributed by atoms with Crippen molar-refractivity contribution in [3.05, 3.63) is 0 Å². The lowest BCUT2D eigenvalue weighted by Crippen LogP contribution is -2.64. The van der Waals surface area contributed by atoms with Crippen LogP contribution in [0.5, 0.6) is 0 Å². The molecule has 3 saturated carbocycles. The van der Waals surface area contributed by atoms with Gasteiger partial charge in [-0.1, -0.05) is 22.6 Å². The fraction of sp³-hybridized carbons (Fsp3) is 0.900. The van der Waals surface area contributed by atoms with Gasteiger partial charge in [0.15, 0.2) is 0 Å². The van der Waals surface area contributed by atoms with Crippen LogP contribution in [-0.4, -0.2) is 27.7 Å². The molecule has 1 N–H and O–H groups in total. The average molecular weight is 308 g/mol. The van der Waals surface area contributed by atoms with Crippen LogP contribution in [0, 0.1) is 23.7 Å². The van der Waals surface area contributed by atoms with Crippen LogP contribution in [0.3, 0.4) is 0 Å². The molecule has 0 amide bonds. The van der Waals surface area contributed by atoms with Crippen LogP contribution in [0.15, 0.2) is 0 Å². The van der Waals surface area contributed by atoms with Crippen LogP contribution < -0.4 is 0 Å². The highest BCUT2D eigenvalue weighted by molar-refractivity contribution is 14.1. The van der Waals surface area contributed by atoms with Gasteiger partial charge in [-0.2, -0.15) is 0 Å². The number of rotatable bonds is 1. The summed E-state index contributed by atoms with van der Waals surface area (Å²) in [5.41, 5.74) is 0. The number of aliphatic hydroxyl groups is 1. The number of hydrogen-bond donors (Lipinski definition) is 1. The Labute approximate surface area is 96.3 Å². The molecule has 14 heavy (non-hydrogen) atoms. The molecule has 0 aromatic rings. The molecule has 5 fully saturated rings. The summed E-state index contributed by atoms with van der Waals surface area (Å²) in [6, 6.07) is 0. The molecule has 0 spiro atoms. The highest BCUT2D eigenvalue weighted by Gasteiger charge is 2.61. The minimum Gasteiger partial charge on any atom is -0.461 e. The first-order valence-corrected chi connectivity index (χ1v) is 6.44. The number of esters is 1. The van der Waals surface area contributed by atoms with Crippen molar-refractivity contribution in [3.63, 3.8) is 0 Å². The van der Waals surface area contributed by atoms with E-state index in [1.807, 2.05) is 0 Å². The van der Waals surface area contributed by atoms with Crippen LogP contribution in [-0.2, 0) is 9.53 Å². The molecule has 5 aliphatic rings. The third kappa shape index (κ3) is 0.988. The molecule has 6 unspecified atom stereocenters. The molecule has 2 heterocycles. The van der Waals surface area contributed by atoms with Crippen LogP contribution in [0.2, 0.25) is 0 Å². The van der Waals surface area contributed by atoms with E-state index in [9.17, 15) is 9.90 Å². The molecule has 3 aliphatic carbocycles. The Bertz CT molecular complexity index is 275. The van der Waals surface area contributed by atoms with Crippen molar-refractivity contribution in [2.24, 2.45) is 23.7 Å². The second kappa shape index (κ2) is 3.07. The Morgan fingerprint density at radius 2 is 2.14 bits per heavy atom. The Morgan fingerprint density at radius 1 is 1.43 bits per heavy atom. The zero-order valence-corrected chi connectivity index (χ0v) is 9.88. The van der Waals surface area contributed by atoms with E-state index in [2.05, 4.69) is 22.6 Å². The summed E-state index contributed by atoms with van der Waals surface area (Å²) < 4.78 is 5.89. The van der Waals surface area contributed by atoms with Gasteiger partial charge in [-0.25, -0.2) is 0 Å². The van der Waals surface area contributed by atoms with E-state index in [-0.39, 0.29) is 30.5 Å². The van der Waals surface area contributed by atoms with E-state index in [0.29, 0.717) is 15.8 Å². The molecule has 3 nitrogen and oxygen atoms in total. The zero-order valence-electron chi connectivity index (χ0n) is 7.73. The molecule has 6 atom stereocenters. The van der Waals surface area contributed by atoms with Crippen LogP contribution in [0.1, 0.15) is 12.8 Å².